The fourth-order valence-electron chi connectivity index (χ4n) is 2.38. The van der Waals surface area contributed by atoms with Crippen molar-refractivity contribution < 1.29 is 9.59 Å². The molecule has 1 heterocycles. The summed E-state index contributed by atoms with van der Waals surface area (Å²) >= 11 is 0. The van der Waals surface area contributed by atoms with Crippen LogP contribution in [0.4, 0.5) is 0 Å². The van der Waals surface area contributed by atoms with Gasteiger partial charge in [0.25, 0.3) is 0 Å². The normalized spacial score (nSPS) is 13.3. The number of para-hydroxylation sites is 1. The van der Waals surface area contributed by atoms with E-state index in [0.29, 0.717) is 10.9 Å². The Bertz CT molecular complexity index is 797. The maximum absolute atomic E-state index is 12.2. The molecule has 0 fully saturated rings. The van der Waals surface area contributed by atoms with Gasteiger partial charge in [-0.15, -0.1) is 0 Å². The number of carbonyl (C=O) groups is 2. The van der Waals surface area contributed by atoms with Crippen LogP contribution < -0.4 is 16.1 Å². The SMILES string of the molecule is CC[C@@H](C)NC(=O)[C@@H](C)NC(=O)Cn1ccc(=O)c2ccccc21. The van der Waals surface area contributed by atoms with Gasteiger partial charge in [0, 0.05) is 23.7 Å². The highest BCUT2D eigenvalue weighted by molar-refractivity contribution is 5.88. The lowest BCUT2D eigenvalue weighted by molar-refractivity contribution is -0.129. The van der Waals surface area contributed by atoms with Crippen molar-refractivity contribution in [3.8, 4) is 0 Å². The highest BCUT2D eigenvalue weighted by atomic mass is 16.2. The summed E-state index contributed by atoms with van der Waals surface area (Å²) < 4.78 is 1.70. The van der Waals surface area contributed by atoms with Crippen LogP contribution in [-0.4, -0.2) is 28.5 Å². The molecular formula is C18H23N3O3. The van der Waals surface area contributed by atoms with Crippen molar-refractivity contribution in [1.29, 1.82) is 0 Å². The Hall–Kier alpha value is -2.63. The summed E-state index contributed by atoms with van der Waals surface area (Å²) in [6.45, 7) is 5.59. The monoisotopic (exact) mass is 329 g/mol. The zero-order chi connectivity index (χ0) is 17.7. The third kappa shape index (κ3) is 4.22. The average molecular weight is 329 g/mol. The van der Waals surface area contributed by atoms with Gasteiger partial charge >= 0.3 is 0 Å². The topological polar surface area (TPSA) is 80.2 Å². The van der Waals surface area contributed by atoms with Gasteiger partial charge in [0.1, 0.15) is 12.6 Å². The van der Waals surface area contributed by atoms with E-state index in [4.69, 9.17) is 0 Å². The van der Waals surface area contributed by atoms with E-state index in [1.54, 1.807) is 35.9 Å². The molecule has 2 atom stereocenters. The molecule has 0 saturated heterocycles. The Kier molecular flexibility index (Phi) is 5.73. The van der Waals surface area contributed by atoms with Gasteiger partial charge in [-0.1, -0.05) is 19.1 Å². The zero-order valence-corrected chi connectivity index (χ0v) is 14.2. The lowest BCUT2D eigenvalue weighted by Crippen LogP contribution is -2.48. The average Bonchev–Trinajstić information content (AvgIpc) is 2.57. The molecule has 6 nitrogen and oxygen atoms in total. The molecule has 2 amide bonds. The standard InChI is InChI=1S/C18H23N3O3/c1-4-12(2)19-18(24)13(3)20-17(23)11-21-10-9-16(22)14-7-5-6-8-15(14)21/h5-10,12-13H,4,11H2,1-3H3,(H,19,24)(H,20,23)/t12-,13-/m1/s1. The molecule has 0 aliphatic carbocycles. The fourth-order valence-corrected chi connectivity index (χ4v) is 2.38. The first-order valence-electron chi connectivity index (χ1n) is 8.10. The molecule has 2 N–H and O–H groups in total. The number of nitrogens with zero attached hydrogens (tertiary/aromatic N) is 1. The van der Waals surface area contributed by atoms with Gasteiger partial charge in [-0.05, 0) is 32.4 Å². The highest BCUT2D eigenvalue weighted by Crippen LogP contribution is 2.09. The number of aromatic nitrogens is 1. The Balaban J connectivity index is 2.07. The van der Waals surface area contributed by atoms with Gasteiger partial charge < -0.3 is 15.2 Å². The summed E-state index contributed by atoms with van der Waals surface area (Å²) in [5, 5.41) is 6.09. The zero-order valence-electron chi connectivity index (χ0n) is 14.2. The number of carbonyl (C=O) groups excluding carboxylic acids is 2. The number of benzene rings is 1. The van der Waals surface area contributed by atoms with E-state index in [1.165, 1.54) is 6.07 Å². The molecule has 2 rings (SSSR count). The molecule has 0 aliphatic heterocycles. The number of fused-ring (bicyclic) bond motifs is 1. The molecule has 6 heteroatoms. The molecule has 0 unspecified atom stereocenters. The molecule has 1 aromatic carbocycles. The number of pyridine rings is 1. The fraction of sp³-hybridized carbons (Fsp3) is 0.389. The Labute approximate surface area is 140 Å². The third-order valence-electron chi connectivity index (χ3n) is 3.97. The van der Waals surface area contributed by atoms with Crippen LogP contribution in [0.1, 0.15) is 27.2 Å². The molecule has 2 aromatic rings. The second-order valence-electron chi connectivity index (χ2n) is 5.93. The van der Waals surface area contributed by atoms with Crippen LogP contribution in [0.5, 0.6) is 0 Å². The van der Waals surface area contributed by atoms with Gasteiger partial charge in [-0.25, -0.2) is 0 Å². The second-order valence-corrected chi connectivity index (χ2v) is 5.93. The van der Waals surface area contributed by atoms with E-state index in [2.05, 4.69) is 10.6 Å². The summed E-state index contributed by atoms with van der Waals surface area (Å²) in [7, 11) is 0. The first-order valence-corrected chi connectivity index (χ1v) is 8.10. The quantitative estimate of drug-likeness (QED) is 0.841. The summed E-state index contributed by atoms with van der Waals surface area (Å²) in [5.74, 6) is -0.488. The largest absolute Gasteiger partial charge is 0.352 e. The Morgan fingerprint density at radius 2 is 1.83 bits per heavy atom. The highest BCUT2D eigenvalue weighted by Gasteiger charge is 2.17. The van der Waals surface area contributed by atoms with Crippen LogP contribution in [0.25, 0.3) is 10.9 Å². The van der Waals surface area contributed by atoms with E-state index in [9.17, 15) is 14.4 Å². The first kappa shape index (κ1) is 17.7. The predicted octanol–water partition coefficient (Wildman–Crippen LogP) is 1.42. The maximum atomic E-state index is 12.2. The summed E-state index contributed by atoms with van der Waals surface area (Å²) in [6.07, 6.45) is 2.42. The minimum absolute atomic E-state index is 0.0434. The van der Waals surface area contributed by atoms with Crippen molar-refractivity contribution >= 4 is 22.7 Å². The van der Waals surface area contributed by atoms with Gasteiger partial charge in [0.05, 0.1) is 5.52 Å². The molecule has 24 heavy (non-hydrogen) atoms. The Morgan fingerprint density at radius 3 is 2.54 bits per heavy atom. The smallest absolute Gasteiger partial charge is 0.242 e. The lowest BCUT2D eigenvalue weighted by Gasteiger charge is -2.18. The number of rotatable bonds is 6. The van der Waals surface area contributed by atoms with Gasteiger partial charge in [0.15, 0.2) is 5.43 Å². The second kappa shape index (κ2) is 7.77. The van der Waals surface area contributed by atoms with E-state index >= 15 is 0 Å². The van der Waals surface area contributed by atoms with Crippen molar-refractivity contribution in [2.45, 2.75) is 45.8 Å². The predicted molar refractivity (Wildman–Crippen MR) is 93.7 cm³/mol. The number of hydrogen-bond acceptors (Lipinski definition) is 3. The van der Waals surface area contributed by atoms with E-state index in [-0.39, 0.29) is 29.8 Å². The van der Waals surface area contributed by atoms with Gasteiger partial charge in [-0.2, -0.15) is 0 Å². The van der Waals surface area contributed by atoms with Crippen LogP contribution in [0.3, 0.4) is 0 Å². The summed E-state index contributed by atoms with van der Waals surface area (Å²) in [6, 6.07) is 8.02. The van der Waals surface area contributed by atoms with Crippen molar-refractivity contribution in [2.24, 2.45) is 0 Å². The number of nitrogens with one attached hydrogen (secondary N) is 2. The van der Waals surface area contributed by atoms with E-state index in [1.807, 2.05) is 19.9 Å². The molecular weight excluding hydrogens is 306 g/mol. The van der Waals surface area contributed by atoms with Crippen molar-refractivity contribution in [3.63, 3.8) is 0 Å². The summed E-state index contributed by atoms with van der Waals surface area (Å²) in [5.41, 5.74) is 0.611. The Morgan fingerprint density at radius 1 is 1.12 bits per heavy atom. The number of amides is 2. The molecule has 0 bridgehead atoms. The van der Waals surface area contributed by atoms with E-state index in [0.717, 1.165) is 6.42 Å². The molecule has 1 aromatic heterocycles. The van der Waals surface area contributed by atoms with Crippen LogP contribution in [0.2, 0.25) is 0 Å². The van der Waals surface area contributed by atoms with Crippen molar-refractivity contribution in [3.05, 3.63) is 46.8 Å². The molecule has 0 radical (unpaired) electrons. The molecule has 0 aliphatic rings. The van der Waals surface area contributed by atoms with Crippen LogP contribution in [-0.2, 0) is 16.1 Å². The maximum Gasteiger partial charge on any atom is 0.242 e. The minimum Gasteiger partial charge on any atom is -0.352 e. The summed E-state index contributed by atoms with van der Waals surface area (Å²) in [4.78, 5) is 36.1. The van der Waals surface area contributed by atoms with Crippen LogP contribution in [0.15, 0.2) is 41.3 Å². The molecule has 128 valence electrons. The molecule has 0 saturated carbocycles. The van der Waals surface area contributed by atoms with Crippen LogP contribution >= 0.6 is 0 Å². The lowest BCUT2D eigenvalue weighted by atomic mass is 10.2. The van der Waals surface area contributed by atoms with E-state index < -0.39 is 6.04 Å². The first-order chi connectivity index (χ1) is 11.4. The van der Waals surface area contributed by atoms with Crippen molar-refractivity contribution in [2.75, 3.05) is 0 Å². The molecule has 0 spiro atoms. The number of hydrogen-bond donors (Lipinski definition) is 2. The van der Waals surface area contributed by atoms with Crippen LogP contribution in [0, 0.1) is 0 Å². The third-order valence-corrected chi connectivity index (χ3v) is 3.97. The minimum atomic E-state index is -0.614. The van der Waals surface area contributed by atoms with Gasteiger partial charge in [0.2, 0.25) is 11.8 Å². The van der Waals surface area contributed by atoms with Gasteiger partial charge in [-0.3, -0.25) is 14.4 Å². The van der Waals surface area contributed by atoms with Crippen molar-refractivity contribution in [1.82, 2.24) is 15.2 Å².